The molecule has 1 aromatic carbocycles. The second-order valence-corrected chi connectivity index (χ2v) is 3.49. The first-order chi connectivity index (χ1) is 7.33. The van der Waals surface area contributed by atoms with Crippen molar-refractivity contribution in [3.63, 3.8) is 0 Å². The highest BCUT2D eigenvalue weighted by Gasteiger charge is 2.12. The van der Waals surface area contributed by atoms with E-state index >= 15 is 0 Å². The first-order valence-corrected chi connectivity index (χ1v) is 5.78. The smallest absolute Gasteiger partial charge is 0.124 e. The number of para-hydroxylation sites is 1. The zero-order valence-corrected chi connectivity index (χ0v) is 9.92. The largest absolute Gasteiger partial charge is 0.494 e. The highest BCUT2D eigenvalue weighted by atomic mass is 16.5. The lowest BCUT2D eigenvalue weighted by molar-refractivity contribution is 0.331. The van der Waals surface area contributed by atoms with Crippen molar-refractivity contribution < 1.29 is 4.74 Å². The van der Waals surface area contributed by atoms with Crippen LogP contribution >= 0.6 is 0 Å². The third kappa shape index (κ3) is 3.24. The molecule has 2 heteroatoms. The van der Waals surface area contributed by atoms with Crippen LogP contribution in [0.4, 0.5) is 0 Å². The molecule has 0 radical (unpaired) electrons. The van der Waals surface area contributed by atoms with E-state index in [-0.39, 0.29) is 0 Å². The number of ether oxygens (including phenoxy) is 1. The van der Waals surface area contributed by atoms with E-state index in [1.165, 1.54) is 5.56 Å². The molecule has 0 heterocycles. The van der Waals surface area contributed by atoms with Crippen LogP contribution in [0.1, 0.15) is 38.8 Å². The molecule has 1 rings (SSSR count). The maximum absolute atomic E-state index is 5.63. The standard InChI is InChI=1S/C13H21NO/c1-4-12(14-5-2)11-9-7-8-10-13(11)15-6-3/h7-10,12,14H,4-6H2,1-3H3. The van der Waals surface area contributed by atoms with Gasteiger partial charge in [-0.3, -0.25) is 0 Å². The molecule has 0 spiro atoms. The Hall–Kier alpha value is -1.02. The number of hydrogen-bond acceptors (Lipinski definition) is 2. The Kier molecular flexibility index (Phi) is 5.19. The maximum Gasteiger partial charge on any atom is 0.124 e. The lowest BCUT2D eigenvalue weighted by Gasteiger charge is -2.19. The summed E-state index contributed by atoms with van der Waals surface area (Å²) in [6.45, 7) is 8.05. The van der Waals surface area contributed by atoms with Gasteiger partial charge < -0.3 is 10.1 Å². The van der Waals surface area contributed by atoms with Crippen molar-refractivity contribution in [1.29, 1.82) is 0 Å². The molecule has 0 aliphatic rings. The van der Waals surface area contributed by atoms with Gasteiger partial charge in [-0.15, -0.1) is 0 Å². The molecule has 15 heavy (non-hydrogen) atoms. The molecule has 0 aliphatic carbocycles. The summed E-state index contributed by atoms with van der Waals surface area (Å²) in [5.74, 6) is 1.01. The normalized spacial score (nSPS) is 12.5. The third-order valence-corrected chi connectivity index (χ3v) is 2.45. The van der Waals surface area contributed by atoms with E-state index in [0.29, 0.717) is 6.04 Å². The predicted octanol–water partition coefficient (Wildman–Crippen LogP) is 3.15. The molecule has 0 saturated heterocycles. The van der Waals surface area contributed by atoms with E-state index in [4.69, 9.17) is 4.74 Å². The van der Waals surface area contributed by atoms with Gasteiger partial charge in [-0.05, 0) is 26.0 Å². The Morgan fingerprint density at radius 1 is 1.20 bits per heavy atom. The lowest BCUT2D eigenvalue weighted by atomic mass is 10.0. The van der Waals surface area contributed by atoms with Crippen molar-refractivity contribution >= 4 is 0 Å². The van der Waals surface area contributed by atoms with Gasteiger partial charge in [0.15, 0.2) is 0 Å². The van der Waals surface area contributed by atoms with Crippen LogP contribution in [-0.4, -0.2) is 13.2 Å². The fraction of sp³-hybridized carbons (Fsp3) is 0.538. The molecule has 84 valence electrons. The minimum atomic E-state index is 0.401. The monoisotopic (exact) mass is 207 g/mol. The molecule has 0 fully saturated rings. The predicted molar refractivity (Wildman–Crippen MR) is 64.3 cm³/mol. The summed E-state index contributed by atoms with van der Waals surface area (Å²) in [7, 11) is 0. The molecule has 0 saturated carbocycles. The molecular formula is C13H21NO. The summed E-state index contributed by atoms with van der Waals surface area (Å²) in [4.78, 5) is 0. The molecule has 1 aromatic rings. The van der Waals surface area contributed by atoms with Crippen LogP contribution in [0.25, 0.3) is 0 Å². The number of rotatable bonds is 6. The zero-order valence-electron chi connectivity index (χ0n) is 9.92. The zero-order chi connectivity index (χ0) is 11.1. The van der Waals surface area contributed by atoms with Crippen LogP contribution in [0.5, 0.6) is 5.75 Å². The van der Waals surface area contributed by atoms with Gasteiger partial charge in [0.1, 0.15) is 5.75 Å². The van der Waals surface area contributed by atoms with Crippen LogP contribution in [-0.2, 0) is 0 Å². The molecule has 1 unspecified atom stereocenters. The van der Waals surface area contributed by atoms with Crippen molar-refractivity contribution in [1.82, 2.24) is 5.32 Å². The summed E-state index contributed by atoms with van der Waals surface area (Å²) in [6, 6.07) is 8.67. The molecule has 0 bridgehead atoms. The van der Waals surface area contributed by atoms with Crippen molar-refractivity contribution in [3.8, 4) is 5.75 Å². The van der Waals surface area contributed by atoms with E-state index in [2.05, 4.69) is 31.3 Å². The van der Waals surface area contributed by atoms with Crippen LogP contribution in [0.3, 0.4) is 0 Å². The van der Waals surface area contributed by atoms with Gasteiger partial charge in [0.05, 0.1) is 6.61 Å². The van der Waals surface area contributed by atoms with Gasteiger partial charge in [-0.2, -0.15) is 0 Å². The van der Waals surface area contributed by atoms with Crippen molar-refractivity contribution in [2.24, 2.45) is 0 Å². The maximum atomic E-state index is 5.63. The lowest BCUT2D eigenvalue weighted by Crippen LogP contribution is -2.20. The highest BCUT2D eigenvalue weighted by Crippen LogP contribution is 2.26. The molecule has 0 amide bonds. The second kappa shape index (κ2) is 6.46. The van der Waals surface area contributed by atoms with E-state index in [1.807, 2.05) is 19.1 Å². The van der Waals surface area contributed by atoms with Crippen molar-refractivity contribution in [2.75, 3.05) is 13.2 Å². The van der Waals surface area contributed by atoms with Crippen LogP contribution in [0, 0.1) is 0 Å². The fourth-order valence-electron chi connectivity index (χ4n) is 1.78. The fourth-order valence-corrected chi connectivity index (χ4v) is 1.78. The number of nitrogens with one attached hydrogen (secondary N) is 1. The second-order valence-electron chi connectivity index (χ2n) is 3.49. The Morgan fingerprint density at radius 3 is 2.53 bits per heavy atom. The van der Waals surface area contributed by atoms with Gasteiger partial charge in [-0.25, -0.2) is 0 Å². The topological polar surface area (TPSA) is 21.3 Å². The van der Waals surface area contributed by atoms with E-state index in [1.54, 1.807) is 0 Å². The van der Waals surface area contributed by atoms with Crippen LogP contribution in [0.2, 0.25) is 0 Å². The van der Waals surface area contributed by atoms with E-state index in [9.17, 15) is 0 Å². The van der Waals surface area contributed by atoms with E-state index in [0.717, 1.165) is 25.3 Å². The SMILES string of the molecule is CCNC(CC)c1ccccc1OCC. The van der Waals surface area contributed by atoms with Gasteiger partial charge >= 0.3 is 0 Å². The first kappa shape index (κ1) is 12.1. The summed E-state index contributed by atoms with van der Waals surface area (Å²) in [5.41, 5.74) is 1.27. The molecule has 1 atom stereocenters. The average molecular weight is 207 g/mol. The summed E-state index contributed by atoms with van der Waals surface area (Å²) in [6.07, 6.45) is 1.08. The minimum absolute atomic E-state index is 0.401. The molecule has 1 N–H and O–H groups in total. The van der Waals surface area contributed by atoms with Gasteiger partial charge in [0.25, 0.3) is 0 Å². The van der Waals surface area contributed by atoms with Crippen LogP contribution in [0.15, 0.2) is 24.3 Å². The quantitative estimate of drug-likeness (QED) is 0.773. The van der Waals surface area contributed by atoms with Crippen molar-refractivity contribution in [3.05, 3.63) is 29.8 Å². The molecule has 2 nitrogen and oxygen atoms in total. The Morgan fingerprint density at radius 2 is 1.93 bits per heavy atom. The molecule has 0 aromatic heterocycles. The summed E-state index contributed by atoms with van der Waals surface area (Å²) in [5, 5.41) is 3.47. The average Bonchev–Trinajstić information content (AvgIpc) is 2.27. The Labute approximate surface area is 92.6 Å². The summed E-state index contributed by atoms with van der Waals surface area (Å²) < 4.78 is 5.63. The van der Waals surface area contributed by atoms with E-state index < -0.39 is 0 Å². The van der Waals surface area contributed by atoms with Gasteiger partial charge in [0, 0.05) is 11.6 Å². The third-order valence-electron chi connectivity index (χ3n) is 2.45. The summed E-state index contributed by atoms with van der Waals surface area (Å²) >= 11 is 0. The molecular weight excluding hydrogens is 186 g/mol. The number of hydrogen-bond donors (Lipinski definition) is 1. The van der Waals surface area contributed by atoms with Gasteiger partial charge in [-0.1, -0.05) is 32.0 Å². The van der Waals surface area contributed by atoms with Crippen molar-refractivity contribution in [2.45, 2.75) is 33.2 Å². The molecule has 0 aliphatic heterocycles. The highest BCUT2D eigenvalue weighted by molar-refractivity contribution is 5.35. The Bertz CT molecular complexity index is 286. The first-order valence-electron chi connectivity index (χ1n) is 5.78. The minimum Gasteiger partial charge on any atom is -0.494 e. The Balaban J connectivity index is 2.88. The van der Waals surface area contributed by atoms with Crippen LogP contribution < -0.4 is 10.1 Å². The van der Waals surface area contributed by atoms with Gasteiger partial charge in [0.2, 0.25) is 0 Å². The number of benzene rings is 1.